The number of carbonyl (C=O) groups is 1. The molecule has 0 radical (unpaired) electrons. The van der Waals surface area contributed by atoms with Crippen LogP contribution in [0.4, 0.5) is 0 Å². The van der Waals surface area contributed by atoms with Gasteiger partial charge in [-0.1, -0.05) is 12.1 Å². The number of hydrogen-bond donors (Lipinski definition) is 4. The quantitative estimate of drug-likeness (QED) is 0.452. The molecule has 0 heterocycles. The van der Waals surface area contributed by atoms with Crippen LogP contribution in [0.5, 0.6) is 5.75 Å². The summed E-state index contributed by atoms with van der Waals surface area (Å²) in [6.07, 6.45) is 0. The summed E-state index contributed by atoms with van der Waals surface area (Å²) in [5.41, 5.74) is 12.4. The number of hydrogen-bond acceptors (Lipinski definition) is 4. The number of nitrogens with two attached hydrogens (primary N) is 2. The van der Waals surface area contributed by atoms with Gasteiger partial charge in [0.05, 0.1) is 7.11 Å². The van der Waals surface area contributed by atoms with E-state index in [1.165, 1.54) is 0 Å². The molecule has 0 aliphatic rings. The van der Waals surface area contributed by atoms with Gasteiger partial charge in [0.15, 0.2) is 0 Å². The number of ether oxygens (including phenoxy) is 1. The van der Waals surface area contributed by atoms with Crippen LogP contribution >= 0.6 is 0 Å². The highest BCUT2D eigenvalue weighted by molar-refractivity contribution is 5.95. The van der Waals surface area contributed by atoms with E-state index in [2.05, 4.69) is 0 Å². The molecule has 94 valence electrons. The maximum absolute atomic E-state index is 9.00. The highest BCUT2D eigenvalue weighted by Gasteiger charge is 2.03. The highest BCUT2D eigenvalue weighted by Crippen LogP contribution is 2.19. The van der Waals surface area contributed by atoms with E-state index < -0.39 is 5.97 Å². The number of carboxylic acid groups (broad SMARTS) is 1. The maximum atomic E-state index is 9.00. The van der Waals surface area contributed by atoms with Crippen molar-refractivity contribution >= 4 is 11.8 Å². The molecule has 0 spiro atoms. The molecule has 0 bridgehead atoms. The first-order chi connectivity index (χ1) is 7.92. The summed E-state index contributed by atoms with van der Waals surface area (Å²) in [6.45, 7) is 1.50. The van der Waals surface area contributed by atoms with Gasteiger partial charge in [0.2, 0.25) is 0 Å². The number of nitrogens with one attached hydrogen (secondary N) is 1. The molecule has 0 fully saturated rings. The number of amidine groups is 1. The van der Waals surface area contributed by atoms with Crippen molar-refractivity contribution in [1.29, 1.82) is 5.41 Å². The average molecular weight is 239 g/mol. The Morgan fingerprint density at radius 3 is 2.41 bits per heavy atom. The minimum atomic E-state index is -0.833. The predicted molar refractivity (Wildman–Crippen MR) is 65.2 cm³/mol. The van der Waals surface area contributed by atoms with Gasteiger partial charge in [-0.25, -0.2) is 0 Å². The van der Waals surface area contributed by atoms with Crippen molar-refractivity contribution in [2.75, 3.05) is 7.11 Å². The van der Waals surface area contributed by atoms with E-state index in [0.717, 1.165) is 12.5 Å². The van der Waals surface area contributed by atoms with Gasteiger partial charge in [-0.3, -0.25) is 10.2 Å². The molecule has 0 aliphatic heterocycles. The van der Waals surface area contributed by atoms with Gasteiger partial charge in [-0.15, -0.1) is 0 Å². The molecule has 0 atom stereocenters. The Hall–Kier alpha value is -2.08. The zero-order valence-corrected chi connectivity index (χ0v) is 9.86. The van der Waals surface area contributed by atoms with Crippen molar-refractivity contribution in [2.24, 2.45) is 11.5 Å². The molecule has 1 aromatic rings. The van der Waals surface area contributed by atoms with E-state index in [0.29, 0.717) is 17.9 Å². The fourth-order valence-electron chi connectivity index (χ4n) is 1.08. The zero-order valence-electron chi connectivity index (χ0n) is 9.86. The largest absolute Gasteiger partial charge is 0.496 e. The molecule has 1 aromatic carbocycles. The van der Waals surface area contributed by atoms with Crippen molar-refractivity contribution in [1.82, 2.24) is 0 Å². The Kier molecular flexibility index (Phi) is 6.35. The van der Waals surface area contributed by atoms with Crippen LogP contribution in [0.1, 0.15) is 18.1 Å². The SMILES string of the molecule is CC(=O)O.COc1cc(C(=N)N)ccc1CN. The first kappa shape index (κ1) is 14.9. The maximum Gasteiger partial charge on any atom is 0.300 e. The molecule has 0 amide bonds. The van der Waals surface area contributed by atoms with Crippen LogP contribution in [0.2, 0.25) is 0 Å². The van der Waals surface area contributed by atoms with Gasteiger partial charge in [0.25, 0.3) is 5.97 Å². The fourth-order valence-corrected chi connectivity index (χ4v) is 1.08. The molecule has 0 saturated carbocycles. The van der Waals surface area contributed by atoms with Crippen LogP contribution in [0.3, 0.4) is 0 Å². The number of benzene rings is 1. The summed E-state index contributed by atoms with van der Waals surface area (Å²) in [4.78, 5) is 9.00. The Labute approximate surface area is 99.7 Å². The van der Waals surface area contributed by atoms with Crippen molar-refractivity contribution in [2.45, 2.75) is 13.5 Å². The first-order valence-electron chi connectivity index (χ1n) is 4.83. The Morgan fingerprint density at radius 2 is 2.06 bits per heavy atom. The van der Waals surface area contributed by atoms with Gasteiger partial charge in [0.1, 0.15) is 11.6 Å². The van der Waals surface area contributed by atoms with Crippen LogP contribution in [0, 0.1) is 5.41 Å². The summed E-state index contributed by atoms with van der Waals surface area (Å²) >= 11 is 0. The van der Waals surface area contributed by atoms with Crippen LogP contribution in [0.25, 0.3) is 0 Å². The molecule has 6 nitrogen and oxygen atoms in total. The number of nitrogen functional groups attached to an aromatic ring is 1. The van der Waals surface area contributed by atoms with Crippen LogP contribution in [0.15, 0.2) is 18.2 Å². The van der Waals surface area contributed by atoms with E-state index >= 15 is 0 Å². The lowest BCUT2D eigenvalue weighted by molar-refractivity contribution is -0.134. The number of rotatable bonds is 3. The zero-order chi connectivity index (χ0) is 13.4. The Balaban J connectivity index is 0.000000557. The van der Waals surface area contributed by atoms with Crippen LogP contribution in [-0.2, 0) is 11.3 Å². The van der Waals surface area contributed by atoms with E-state index in [-0.39, 0.29) is 5.84 Å². The van der Waals surface area contributed by atoms with E-state index in [4.69, 9.17) is 31.5 Å². The molecule has 0 unspecified atom stereocenters. The van der Waals surface area contributed by atoms with E-state index in [1.807, 2.05) is 6.07 Å². The second-order valence-corrected chi connectivity index (χ2v) is 3.16. The van der Waals surface area contributed by atoms with Crippen LogP contribution < -0.4 is 16.2 Å². The highest BCUT2D eigenvalue weighted by atomic mass is 16.5. The van der Waals surface area contributed by atoms with Crippen LogP contribution in [-0.4, -0.2) is 24.0 Å². The van der Waals surface area contributed by atoms with E-state index in [9.17, 15) is 0 Å². The third kappa shape index (κ3) is 5.53. The fraction of sp³-hybridized carbons (Fsp3) is 0.273. The standard InChI is InChI=1S/C9H13N3O.C2H4O2/c1-13-8-4-6(9(11)12)2-3-7(8)5-10;1-2(3)4/h2-4H,5,10H2,1H3,(H3,11,12);1H3,(H,3,4). The lowest BCUT2D eigenvalue weighted by Crippen LogP contribution is -2.11. The van der Waals surface area contributed by atoms with Gasteiger partial charge in [-0.05, 0) is 6.07 Å². The Morgan fingerprint density at radius 1 is 1.53 bits per heavy atom. The lowest BCUT2D eigenvalue weighted by Gasteiger charge is -2.07. The van der Waals surface area contributed by atoms with Crippen molar-refractivity contribution in [3.05, 3.63) is 29.3 Å². The number of carboxylic acids is 1. The Bertz CT molecular complexity index is 401. The average Bonchev–Trinajstić information content (AvgIpc) is 2.27. The molecule has 0 aliphatic carbocycles. The van der Waals surface area contributed by atoms with Crippen molar-refractivity contribution < 1.29 is 14.6 Å². The topological polar surface area (TPSA) is 122 Å². The monoisotopic (exact) mass is 239 g/mol. The molecular weight excluding hydrogens is 222 g/mol. The van der Waals surface area contributed by atoms with Gasteiger partial charge < -0.3 is 21.3 Å². The summed E-state index contributed by atoms with van der Waals surface area (Å²) in [7, 11) is 1.57. The number of aliphatic carboxylic acids is 1. The smallest absolute Gasteiger partial charge is 0.300 e. The molecule has 0 saturated heterocycles. The number of methoxy groups -OCH3 is 1. The van der Waals surface area contributed by atoms with Gasteiger partial charge >= 0.3 is 0 Å². The third-order valence-corrected chi connectivity index (χ3v) is 1.82. The first-order valence-corrected chi connectivity index (χ1v) is 4.83. The van der Waals surface area contributed by atoms with E-state index in [1.54, 1.807) is 19.2 Å². The summed E-state index contributed by atoms with van der Waals surface area (Å²) in [5, 5.41) is 14.6. The second kappa shape index (κ2) is 7.24. The summed E-state index contributed by atoms with van der Waals surface area (Å²) in [6, 6.07) is 5.28. The van der Waals surface area contributed by atoms with Gasteiger partial charge in [0, 0.05) is 24.6 Å². The van der Waals surface area contributed by atoms with Crippen molar-refractivity contribution in [3.8, 4) is 5.75 Å². The molecular formula is C11H17N3O3. The third-order valence-electron chi connectivity index (χ3n) is 1.82. The summed E-state index contributed by atoms with van der Waals surface area (Å²) in [5.74, 6) is -0.128. The molecule has 17 heavy (non-hydrogen) atoms. The van der Waals surface area contributed by atoms with Crippen molar-refractivity contribution in [3.63, 3.8) is 0 Å². The van der Waals surface area contributed by atoms with Gasteiger partial charge in [-0.2, -0.15) is 0 Å². The molecule has 0 aromatic heterocycles. The predicted octanol–water partition coefficient (Wildman–Crippen LogP) is 0.529. The lowest BCUT2D eigenvalue weighted by atomic mass is 10.1. The normalized spacial score (nSPS) is 8.88. The molecule has 1 rings (SSSR count). The molecule has 6 heteroatoms. The minimum Gasteiger partial charge on any atom is -0.496 e. The second-order valence-electron chi connectivity index (χ2n) is 3.16. The molecule has 6 N–H and O–H groups in total. The minimum absolute atomic E-state index is 0.0295. The summed E-state index contributed by atoms with van der Waals surface area (Å²) < 4.78 is 5.09.